The lowest BCUT2D eigenvalue weighted by Crippen LogP contribution is -2.55. The summed E-state index contributed by atoms with van der Waals surface area (Å²) in [4.78, 5) is 21.1. The summed E-state index contributed by atoms with van der Waals surface area (Å²) in [5.41, 5.74) is 3.66. The molecule has 0 heterocycles. The van der Waals surface area contributed by atoms with E-state index in [4.69, 9.17) is 10.8 Å². The number of nitrogens with two attached hydrogens (primary N) is 1. The van der Waals surface area contributed by atoms with Crippen LogP contribution in [0.4, 0.5) is 0 Å². The van der Waals surface area contributed by atoms with Crippen molar-refractivity contribution in [3.05, 3.63) is 0 Å². The highest BCUT2D eigenvalue weighted by molar-refractivity contribution is 7.98. The number of rotatable bonds is 5. The molecular weight excluding hydrogens is 178 g/mol. The quantitative estimate of drug-likeness (QED) is 0.471. The fourth-order valence-corrected chi connectivity index (χ4v) is 1.54. The molecule has 0 radical (unpaired) electrons. The fourth-order valence-electron chi connectivity index (χ4n) is 0.765. The first-order chi connectivity index (χ1) is 5.49. The van der Waals surface area contributed by atoms with Gasteiger partial charge in [-0.25, -0.2) is 4.79 Å². The van der Waals surface area contributed by atoms with E-state index in [0.29, 0.717) is 12.0 Å². The van der Waals surface area contributed by atoms with Crippen molar-refractivity contribution >= 4 is 24.0 Å². The maximum atomic E-state index is 10.6. The molecule has 0 spiro atoms. The molecule has 0 amide bonds. The molecule has 0 aromatic heterocycles. The van der Waals surface area contributed by atoms with Crippen LogP contribution in [0.1, 0.15) is 6.92 Å². The second-order valence-corrected chi connectivity index (χ2v) is 3.62. The first kappa shape index (κ1) is 11.4. The Bertz CT molecular complexity index is 185. The minimum Gasteiger partial charge on any atom is -0.480 e. The molecule has 3 N–H and O–H groups in total. The van der Waals surface area contributed by atoms with Gasteiger partial charge in [-0.1, -0.05) is 6.92 Å². The van der Waals surface area contributed by atoms with Crippen LogP contribution in [0.5, 0.6) is 0 Å². The van der Waals surface area contributed by atoms with Crippen LogP contribution in [0.2, 0.25) is 0 Å². The standard InChI is InChI=1S/C7H13NO3S/c1-5(3-12-2)7(8,4-9)6(10)11/h4-5H,3,8H2,1-2H3,(H,10,11). The second kappa shape index (κ2) is 4.47. The van der Waals surface area contributed by atoms with Crippen LogP contribution in [0.25, 0.3) is 0 Å². The molecule has 5 heteroatoms. The van der Waals surface area contributed by atoms with Crippen molar-refractivity contribution in [3.8, 4) is 0 Å². The summed E-state index contributed by atoms with van der Waals surface area (Å²) in [5.74, 6) is -1.07. The third kappa shape index (κ3) is 2.22. The molecule has 2 atom stereocenters. The van der Waals surface area contributed by atoms with Crippen LogP contribution in [-0.2, 0) is 9.59 Å². The van der Waals surface area contributed by atoms with Gasteiger partial charge in [-0.2, -0.15) is 11.8 Å². The lowest BCUT2D eigenvalue weighted by molar-refractivity contribution is -0.147. The maximum absolute atomic E-state index is 10.6. The van der Waals surface area contributed by atoms with Gasteiger partial charge in [0, 0.05) is 5.92 Å². The monoisotopic (exact) mass is 191 g/mol. The molecule has 0 aromatic rings. The molecular formula is C7H13NO3S. The number of carbonyl (C=O) groups is 2. The van der Waals surface area contributed by atoms with Gasteiger partial charge in [-0.05, 0) is 12.0 Å². The van der Waals surface area contributed by atoms with Gasteiger partial charge in [0.1, 0.15) is 0 Å². The summed E-state index contributed by atoms with van der Waals surface area (Å²) >= 11 is 1.47. The van der Waals surface area contributed by atoms with Crippen molar-refractivity contribution in [1.29, 1.82) is 0 Å². The lowest BCUT2D eigenvalue weighted by Gasteiger charge is -2.24. The Morgan fingerprint density at radius 2 is 2.33 bits per heavy atom. The molecule has 0 aromatic carbocycles. The Kier molecular flexibility index (Phi) is 4.26. The topological polar surface area (TPSA) is 80.4 Å². The minimum atomic E-state index is -1.73. The van der Waals surface area contributed by atoms with Crippen molar-refractivity contribution in [2.75, 3.05) is 12.0 Å². The summed E-state index contributed by atoms with van der Waals surface area (Å²) < 4.78 is 0. The summed E-state index contributed by atoms with van der Waals surface area (Å²) in [6.07, 6.45) is 2.14. The van der Waals surface area contributed by atoms with Gasteiger partial charge >= 0.3 is 5.97 Å². The van der Waals surface area contributed by atoms with Crippen LogP contribution in [0, 0.1) is 5.92 Å². The molecule has 0 rings (SSSR count). The average Bonchev–Trinajstić information content (AvgIpc) is 2.03. The van der Waals surface area contributed by atoms with Crippen LogP contribution in [0.15, 0.2) is 0 Å². The van der Waals surface area contributed by atoms with E-state index >= 15 is 0 Å². The predicted octanol–water partition coefficient (Wildman–Crippen LogP) is -0.0335. The Morgan fingerprint density at radius 3 is 2.58 bits per heavy atom. The van der Waals surface area contributed by atoms with Crippen molar-refractivity contribution < 1.29 is 14.7 Å². The Hall–Kier alpha value is -0.550. The van der Waals surface area contributed by atoms with Crippen LogP contribution in [0.3, 0.4) is 0 Å². The van der Waals surface area contributed by atoms with Crippen molar-refractivity contribution in [2.24, 2.45) is 11.7 Å². The van der Waals surface area contributed by atoms with Gasteiger partial charge < -0.3 is 15.6 Å². The van der Waals surface area contributed by atoms with Gasteiger partial charge in [0.25, 0.3) is 0 Å². The molecule has 12 heavy (non-hydrogen) atoms. The molecule has 0 aliphatic heterocycles. The van der Waals surface area contributed by atoms with E-state index in [2.05, 4.69) is 0 Å². The Morgan fingerprint density at radius 1 is 1.83 bits per heavy atom. The Balaban J connectivity index is 4.50. The molecule has 0 saturated carbocycles. The summed E-state index contributed by atoms with van der Waals surface area (Å²) in [5, 5.41) is 8.66. The lowest BCUT2D eigenvalue weighted by atomic mass is 9.89. The van der Waals surface area contributed by atoms with Gasteiger partial charge in [0.05, 0.1) is 0 Å². The van der Waals surface area contributed by atoms with E-state index < -0.39 is 11.5 Å². The molecule has 0 aliphatic rings. The van der Waals surface area contributed by atoms with Gasteiger partial charge in [0.2, 0.25) is 0 Å². The number of hydrogen-bond acceptors (Lipinski definition) is 4. The fraction of sp³-hybridized carbons (Fsp3) is 0.714. The highest BCUT2D eigenvalue weighted by atomic mass is 32.2. The highest BCUT2D eigenvalue weighted by Crippen LogP contribution is 2.16. The van der Waals surface area contributed by atoms with Crippen molar-refractivity contribution in [2.45, 2.75) is 12.5 Å². The third-order valence-electron chi connectivity index (χ3n) is 1.80. The molecule has 4 nitrogen and oxygen atoms in total. The zero-order valence-electron chi connectivity index (χ0n) is 7.11. The van der Waals surface area contributed by atoms with E-state index in [-0.39, 0.29) is 5.92 Å². The summed E-state index contributed by atoms with van der Waals surface area (Å²) in [6, 6.07) is 0. The molecule has 70 valence electrons. The van der Waals surface area contributed by atoms with Crippen LogP contribution in [-0.4, -0.2) is 34.9 Å². The maximum Gasteiger partial charge on any atom is 0.331 e. The van der Waals surface area contributed by atoms with E-state index in [9.17, 15) is 9.59 Å². The molecule has 0 aliphatic carbocycles. The smallest absolute Gasteiger partial charge is 0.331 e. The average molecular weight is 191 g/mol. The summed E-state index contributed by atoms with van der Waals surface area (Å²) in [7, 11) is 0. The largest absolute Gasteiger partial charge is 0.480 e. The van der Waals surface area contributed by atoms with E-state index in [1.807, 2.05) is 6.26 Å². The molecule has 2 unspecified atom stereocenters. The van der Waals surface area contributed by atoms with Gasteiger partial charge in [-0.3, -0.25) is 0 Å². The van der Waals surface area contributed by atoms with Crippen LogP contribution < -0.4 is 5.73 Å². The minimum absolute atomic E-state index is 0.302. The molecule has 0 fully saturated rings. The number of carboxylic acid groups (broad SMARTS) is 1. The van der Waals surface area contributed by atoms with Crippen molar-refractivity contribution in [3.63, 3.8) is 0 Å². The number of hydrogen-bond donors (Lipinski definition) is 2. The first-order valence-corrected chi connectivity index (χ1v) is 4.86. The number of aldehydes is 1. The normalized spacial score (nSPS) is 17.9. The number of thioether (sulfide) groups is 1. The number of carbonyl (C=O) groups excluding carboxylic acids is 1. The van der Waals surface area contributed by atoms with Crippen molar-refractivity contribution in [1.82, 2.24) is 0 Å². The molecule has 0 saturated heterocycles. The van der Waals surface area contributed by atoms with E-state index in [1.54, 1.807) is 6.92 Å². The van der Waals surface area contributed by atoms with E-state index in [0.717, 1.165) is 0 Å². The Labute approximate surface area is 75.5 Å². The highest BCUT2D eigenvalue weighted by Gasteiger charge is 2.39. The third-order valence-corrected chi connectivity index (χ3v) is 2.63. The van der Waals surface area contributed by atoms with Gasteiger partial charge in [0.15, 0.2) is 11.8 Å². The first-order valence-electron chi connectivity index (χ1n) is 3.46. The van der Waals surface area contributed by atoms with Gasteiger partial charge in [-0.15, -0.1) is 0 Å². The number of aliphatic carboxylic acids is 1. The molecule has 0 bridgehead atoms. The summed E-state index contributed by atoms with van der Waals surface area (Å²) in [6.45, 7) is 1.65. The van der Waals surface area contributed by atoms with Crippen LogP contribution >= 0.6 is 11.8 Å². The zero-order chi connectivity index (χ0) is 9.78. The van der Waals surface area contributed by atoms with E-state index in [1.165, 1.54) is 11.8 Å². The predicted molar refractivity (Wildman–Crippen MR) is 48.2 cm³/mol. The zero-order valence-corrected chi connectivity index (χ0v) is 7.93. The SMILES string of the molecule is CSCC(C)C(N)(C=O)C(=O)O. The second-order valence-electron chi connectivity index (χ2n) is 2.71. The number of carboxylic acids is 1.